The van der Waals surface area contributed by atoms with Gasteiger partial charge in [0.2, 0.25) is 0 Å². The maximum atomic E-state index is 12.2. The summed E-state index contributed by atoms with van der Waals surface area (Å²) in [6.07, 6.45) is 1.17. The van der Waals surface area contributed by atoms with E-state index in [4.69, 9.17) is 0 Å². The van der Waals surface area contributed by atoms with Crippen molar-refractivity contribution in [3.8, 4) is 0 Å². The zero-order chi connectivity index (χ0) is 13.1. The minimum absolute atomic E-state index is 0.0161. The van der Waals surface area contributed by atoms with E-state index in [0.717, 1.165) is 0 Å². The Hall–Kier alpha value is -0.865. The van der Waals surface area contributed by atoms with Crippen LogP contribution in [0.15, 0.2) is 11.8 Å². The highest BCUT2D eigenvalue weighted by Gasteiger charge is 2.29. The number of carbonyl (C=O) groups excluding carboxylic acids is 1. The second kappa shape index (κ2) is 4.98. The zero-order valence-corrected chi connectivity index (χ0v) is 10.7. The van der Waals surface area contributed by atoms with E-state index in [9.17, 15) is 13.4 Å². The Morgan fingerprint density at radius 3 is 1.75 bits per heavy atom. The average Bonchev–Trinajstić information content (AvgIpc) is 1.98. The molecule has 0 aliphatic heterocycles. The maximum absolute atomic E-state index is 12.2. The lowest BCUT2D eigenvalue weighted by molar-refractivity contribution is -0.121. The standard InChI is InChI=1S/C11H19BF2O2/c1-10(2,3)8(15)7-9(11(4,5)6)16-12(13)14/h7H,1-6H3/b9-7-. The normalized spacial score (nSPS) is 13.6. The highest BCUT2D eigenvalue weighted by Crippen LogP contribution is 2.29. The second-order valence-corrected chi connectivity index (χ2v) is 5.75. The molecule has 0 heterocycles. The van der Waals surface area contributed by atoms with Crippen molar-refractivity contribution in [2.24, 2.45) is 10.8 Å². The van der Waals surface area contributed by atoms with Crippen molar-refractivity contribution in [3.05, 3.63) is 11.8 Å². The molecular formula is C11H19BF2O2. The van der Waals surface area contributed by atoms with Crippen LogP contribution in [0.1, 0.15) is 41.5 Å². The summed E-state index contributed by atoms with van der Waals surface area (Å²) in [7, 11) is -2.90. The first-order valence-corrected chi connectivity index (χ1v) is 5.16. The first kappa shape index (κ1) is 15.1. The average molecular weight is 232 g/mol. The van der Waals surface area contributed by atoms with Crippen molar-refractivity contribution in [2.45, 2.75) is 41.5 Å². The SMILES string of the molecule is CC(C)(C)C(=O)/C=C(\OB(F)F)C(C)(C)C. The first-order valence-electron chi connectivity index (χ1n) is 5.16. The smallest absolute Gasteiger partial charge is 0.508 e. The van der Waals surface area contributed by atoms with Crippen LogP contribution in [-0.2, 0) is 9.45 Å². The zero-order valence-electron chi connectivity index (χ0n) is 10.7. The molecular weight excluding hydrogens is 213 g/mol. The number of halogens is 2. The molecule has 0 amide bonds. The molecule has 92 valence electrons. The molecule has 0 rings (SSSR count). The van der Waals surface area contributed by atoms with Gasteiger partial charge < -0.3 is 4.65 Å². The van der Waals surface area contributed by atoms with Gasteiger partial charge in [-0.05, 0) is 0 Å². The molecule has 0 atom stereocenters. The molecule has 0 N–H and O–H groups in total. The molecule has 2 nitrogen and oxygen atoms in total. The summed E-state index contributed by atoms with van der Waals surface area (Å²) >= 11 is 0. The van der Waals surface area contributed by atoms with E-state index in [1.807, 2.05) is 0 Å². The van der Waals surface area contributed by atoms with Gasteiger partial charge in [0.15, 0.2) is 5.78 Å². The highest BCUT2D eigenvalue weighted by molar-refractivity contribution is 6.34. The Morgan fingerprint density at radius 1 is 1.06 bits per heavy atom. The summed E-state index contributed by atoms with van der Waals surface area (Å²) in [5.74, 6) is -0.208. The molecule has 0 saturated carbocycles. The van der Waals surface area contributed by atoms with Crippen LogP contribution >= 0.6 is 0 Å². The van der Waals surface area contributed by atoms with Gasteiger partial charge in [-0.15, -0.1) is 0 Å². The van der Waals surface area contributed by atoms with E-state index >= 15 is 0 Å². The fourth-order valence-electron chi connectivity index (χ4n) is 0.859. The summed E-state index contributed by atoms with van der Waals surface area (Å²) in [5, 5.41) is 0. The van der Waals surface area contributed by atoms with Crippen LogP contribution in [0.5, 0.6) is 0 Å². The van der Waals surface area contributed by atoms with Gasteiger partial charge >= 0.3 is 7.47 Å². The largest absolute Gasteiger partial charge is 0.796 e. The molecule has 0 spiro atoms. The Bertz CT molecular complexity index is 285. The number of allylic oxidation sites excluding steroid dienone is 2. The van der Waals surface area contributed by atoms with Gasteiger partial charge in [0.1, 0.15) is 0 Å². The van der Waals surface area contributed by atoms with Gasteiger partial charge in [0.05, 0.1) is 5.76 Å². The van der Waals surface area contributed by atoms with E-state index in [-0.39, 0.29) is 11.5 Å². The molecule has 16 heavy (non-hydrogen) atoms. The molecule has 0 aliphatic carbocycles. The van der Waals surface area contributed by atoms with Gasteiger partial charge in [0.25, 0.3) is 0 Å². The van der Waals surface area contributed by atoms with E-state index < -0.39 is 18.3 Å². The monoisotopic (exact) mass is 232 g/mol. The summed E-state index contributed by atoms with van der Waals surface area (Å²) in [4.78, 5) is 11.7. The molecule has 0 aliphatic rings. The van der Waals surface area contributed by atoms with Crippen molar-refractivity contribution in [2.75, 3.05) is 0 Å². The first-order chi connectivity index (χ1) is 6.94. The summed E-state index contributed by atoms with van der Waals surface area (Å²) in [6.45, 7) is 10.4. The number of hydrogen-bond donors (Lipinski definition) is 0. The topological polar surface area (TPSA) is 26.3 Å². The van der Waals surface area contributed by atoms with E-state index in [0.29, 0.717) is 0 Å². The van der Waals surface area contributed by atoms with Crippen molar-refractivity contribution >= 4 is 13.3 Å². The fourth-order valence-corrected chi connectivity index (χ4v) is 0.859. The minimum atomic E-state index is -2.90. The van der Waals surface area contributed by atoms with Gasteiger partial charge in [-0.3, -0.25) is 4.79 Å². The quantitative estimate of drug-likeness (QED) is 0.423. The molecule has 0 fully saturated rings. The van der Waals surface area contributed by atoms with Crippen molar-refractivity contribution < 1.29 is 18.1 Å². The van der Waals surface area contributed by atoms with Crippen LogP contribution < -0.4 is 0 Å². The van der Waals surface area contributed by atoms with Crippen LogP contribution in [0.3, 0.4) is 0 Å². The van der Waals surface area contributed by atoms with Crippen molar-refractivity contribution in [1.29, 1.82) is 0 Å². The van der Waals surface area contributed by atoms with Crippen LogP contribution in [0.25, 0.3) is 0 Å². The lowest BCUT2D eigenvalue weighted by Crippen LogP contribution is -2.23. The third-order valence-electron chi connectivity index (χ3n) is 1.96. The van der Waals surface area contributed by atoms with Crippen LogP contribution in [0.2, 0.25) is 0 Å². The molecule has 0 radical (unpaired) electrons. The molecule has 5 heteroatoms. The molecule has 0 aromatic heterocycles. The van der Waals surface area contributed by atoms with E-state index in [1.165, 1.54) is 6.08 Å². The van der Waals surface area contributed by atoms with E-state index in [2.05, 4.69) is 4.65 Å². The molecule has 0 saturated heterocycles. The Morgan fingerprint density at radius 2 is 1.50 bits per heavy atom. The fraction of sp³-hybridized carbons (Fsp3) is 0.727. The lowest BCUT2D eigenvalue weighted by Gasteiger charge is -2.24. The molecule has 0 unspecified atom stereocenters. The minimum Gasteiger partial charge on any atom is -0.508 e. The number of hydrogen-bond acceptors (Lipinski definition) is 2. The van der Waals surface area contributed by atoms with Gasteiger partial charge in [-0.25, -0.2) is 8.63 Å². The van der Waals surface area contributed by atoms with Crippen LogP contribution in [-0.4, -0.2) is 13.3 Å². The molecule has 0 aromatic rings. The highest BCUT2D eigenvalue weighted by atomic mass is 19.2. The number of rotatable bonds is 3. The number of ketones is 1. The summed E-state index contributed by atoms with van der Waals surface area (Å²) in [5.41, 5.74) is -1.21. The Labute approximate surface area is 96.3 Å². The van der Waals surface area contributed by atoms with Crippen molar-refractivity contribution in [1.82, 2.24) is 0 Å². The van der Waals surface area contributed by atoms with Gasteiger partial charge in [-0.2, -0.15) is 0 Å². The third kappa shape index (κ3) is 5.28. The Kier molecular flexibility index (Phi) is 4.71. The van der Waals surface area contributed by atoms with Gasteiger partial charge in [0, 0.05) is 16.9 Å². The second-order valence-electron chi connectivity index (χ2n) is 5.75. The van der Waals surface area contributed by atoms with Crippen LogP contribution in [0.4, 0.5) is 8.63 Å². The van der Waals surface area contributed by atoms with Crippen LogP contribution in [0, 0.1) is 10.8 Å². The number of carbonyl (C=O) groups is 1. The Balaban J connectivity index is 5.06. The van der Waals surface area contributed by atoms with Crippen molar-refractivity contribution in [3.63, 3.8) is 0 Å². The predicted molar refractivity (Wildman–Crippen MR) is 61.1 cm³/mol. The maximum Gasteiger partial charge on any atom is 0.796 e. The van der Waals surface area contributed by atoms with E-state index in [1.54, 1.807) is 41.5 Å². The van der Waals surface area contributed by atoms with Gasteiger partial charge in [-0.1, -0.05) is 41.5 Å². The third-order valence-corrected chi connectivity index (χ3v) is 1.96. The molecule has 0 aromatic carbocycles. The molecule has 0 bridgehead atoms. The lowest BCUT2D eigenvalue weighted by atomic mass is 9.86. The summed E-state index contributed by atoms with van der Waals surface area (Å²) < 4.78 is 28.8. The summed E-state index contributed by atoms with van der Waals surface area (Å²) in [6, 6.07) is 0. The predicted octanol–water partition coefficient (Wildman–Crippen LogP) is 3.47.